The lowest BCUT2D eigenvalue weighted by Gasteiger charge is -2.35. The molecular formula is C29H29NO4S. The van der Waals surface area contributed by atoms with Crippen LogP contribution in [-0.4, -0.2) is 22.9 Å². The topological polar surface area (TPSA) is 71.0 Å². The van der Waals surface area contributed by atoms with Crippen LogP contribution in [0.15, 0.2) is 54.4 Å². The van der Waals surface area contributed by atoms with Crippen LogP contribution in [0, 0.1) is 0 Å². The van der Waals surface area contributed by atoms with Crippen LogP contribution in [0.2, 0.25) is 0 Å². The molecule has 2 aliphatic rings. The Morgan fingerprint density at radius 1 is 1.17 bits per heavy atom. The van der Waals surface area contributed by atoms with E-state index in [0.717, 1.165) is 44.0 Å². The number of allylic oxidation sites excluding steroid dienone is 1. The van der Waals surface area contributed by atoms with Crippen LogP contribution < -0.4 is 14.8 Å². The smallest absolute Gasteiger partial charge is 0.172 e. The molecule has 3 aromatic rings. The molecule has 5 nitrogen and oxygen atoms in total. The molecule has 1 atom stereocenters. The average molecular weight is 488 g/mol. The first-order chi connectivity index (χ1) is 16.7. The van der Waals surface area contributed by atoms with Crippen molar-refractivity contribution >= 4 is 34.4 Å². The number of methoxy groups -OCH3 is 1. The molecule has 0 saturated heterocycles. The number of anilines is 1. The Labute approximate surface area is 209 Å². The van der Waals surface area contributed by atoms with E-state index in [0.29, 0.717) is 23.7 Å². The second-order valence-corrected chi connectivity index (χ2v) is 10.4. The minimum atomic E-state index is -0.633. The number of thiophene rings is 1. The van der Waals surface area contributed by atoms with Gasteiger partial charge < -0.3 is 25.0 Å². The summed E-state index contributed by atoms with van der Waals surface area (Å²) in [5.41, 5.74) is 6.43. The molecule has 0 spiro atoms. The molecule has 0 bridgehead atoms. The van der Waals surface area contributed by atoms with E-state index in [1.54, 1.807) is 36.7 Å². The fourth-order valence-electron chi connectivity index (χ4n) is 5.08. The monoisotopic (exact) mass is 487 g/mol. The van der Waals surface area contributed by atoms with E-state index >= 15 is 0 Å². The van der Waals surface area contributed by atoms with Crippen molar-refractivity contribution in [3.63, 3.8) is 0 Å². The van der Waals surface area contributed by atoms with Gasteiger partial charge in [0, 0.05) is 27.3 Å². The van der Waals surface area contributed by atoms with Crippen molar-refractivity contribution in [3.8, 4) is 28.4 Å². The molecule has 0 unspecified atom stereocenters. The fraction of sp³-hybridized carbons (Fsp3) is 0.241. The summed E-state index contributed by atoms with van der Waals surface area (Å²) in [5.74, 6) is 1.73. The molecule has 0 aliphatic carbocycles. The molecule has 180 valence electrons. The number of phenols is 1. The van der Waals surface area contributed by atoms with E-state index in [1.807, 2.05) is 17.5 Å². The van der Waals surface area contributed by atoms with Crippen molar-refractivity contribution < 1.29 is 19.7 Å². The van der Waals surface area contributed by atoms with Crippen molar-refractivity contribution in [1.29, 1.82) is 0 Å². The molecule has 3 heterocycles. The van der Waals surface area contributed by atoms with Gasteiger partial charge in [0.25, 0.3) is 0 Å². The van der Waals surface area contributed by atoms with Gasteiger partial charge in [0.05, 0.1) is 24.3 Å². The second-order valence-electron chi connectivity index (χ2n) is 9.47. The number of fused-ring (bicyclic) bond motifs is 5. The molecule has 2 aliphatic heterocycles. The summed E-state index contributed by atoms with van der Waals surface area (Å²) in [7, 11) is 1.55. The Balaban J connectivity index is 1.79. The molecule has 35 heavy (non-hydrogen) atoms. The highest BCUT2D eigenvalue weighted by atomic mass is 32.1. The molecule has 3 N–H and O–H groups in total. The summed E-state index contributed by atoms with van der Waals surface area (Å²) in [5, 5.41) is 26.8. The summed E-state index contributed by atoms with van der Waals surface area (Å²) < 4.78 is 12.1. The average Bonchev–Trinajstić information content (AvgIpc) is 3.26. The van der Waals surface area contributed by atoms with Gasteiger partial charge in [-0.3, -0.25) is 0 Å². The van der Waals surface area contributed by atoms with Crippen LogP contribution in [0.1, 0.15) is 54.9 Å². The maximum absolute atomic E-state index is 10.7. The number of ether oxygens (including phenoxy) is 2. The summed E-state index contributed by atoms with van der Waals surface area (Å²) in [6, 6.07) is 9.41. The highest BCUT2D eigenvalue weighted by Crippen LogP contribution is 2.54. The van der Waals surface area contributed by atoms with Crippen LogP contribution in [0.3, 0.4) is 0 Å². The maximum Gasteiger partial charge on any atom is 0.172 e. The van der Waals surface area contributed by atoms with E-state index in [9.17, 15) is 10.2 Å². The van der Waals surface area contributed by atoms with Gasteiger partial charge in [0.2, 0.25) is 0 Å². The predicted molar refractivity (Wildman–Crippen MR) is 144 cm³/mol. The zero-order chi connectivity index (χ0) is 24.9. The SMILES string of the molecule is C=CC[C@@H](O)c1ccsc1C=C1Oc2ccc(O)c(OC)c2-c2ccc3c(c21)C(C)=CC(C)(C)N3. The zero-order valence-corrected chi connectivity index (χ0v) is 21.1. The van der Waals surface area contributed by atoms with Gasteiger partial charge in [-0.25, -0.2) is 0 Å². The predicted octanol–water partition coefficient (Wildman–Crippen LogP) is 7.24. The molecule has 0 fully saturated rings. The number of benzene rings is 2. The van der Waals surface area contributed by atoms with Crippen LogP contribution in [0.4, 0.5) is 5.69 Å². The lowest BCUT2D eigenvalue weighted by Crippen LogP contribution is -2.32. The van der Waals surface area contributed by atoms with Gasteiger partial charge in [0.1, 0.15) is 11.5 Å². The van der Waals surface area contributed by atoms with Crippen molar-refractivity contribution in [2.75, 3.05) is 12.4 Å². The lowest BCUT2D eigenvalue weighted by atomic mass is 9.83. The van der Waals surface area contributed by atoms with Crippen molar-refractivity contribution in [1.82, 2.24) is 0 Å². The van der Waals surface area contributed by atoms with E-state index in [1.165, 1.54) is 0 Å². The quantitative estimate of drug-likeness (QED) is 0.331. The normalized spacial score (nSPS) is 17.3. The maximum atomic E-state index is 10.7. The minimum absolute atomic E-state index is 0.0607. The highest BCUT2D eigenvalue weighted by Gasteiger charge is 2.33. The van der Waals surface area contributed by atoms with Gasteiger partial charge in [0.15, 0.2) is 11.5 Å². The second kappa shape index (κ2) is 8.63. The number of aliphatic hydroxyl groups is 1. The molecule has 5 rings (SSSR count). The summed E-state index contributed by atoms with van der Waals surface area (Å²) in [6.45, 7) is 10.2. The summed E-state index contributed by atoms with van der Waals surface area (Å²) in [4.78, 5) is 0.929. The van der Waals surface area contributed by atoms with Crippen molar-refractivity contribution in [3.05, 3.63) is 76.0 Å². The highest BCUT2D eigenvalue weighted by molar-refractivity contribution is 7.11. The first kappa shape index (κ1) is 23.3. The zero-order valence-electron chi connectivity index (χ0n) is 20.3. The molecule has 1 aromatic heterocycles. The Kier molecular flexibility index (Phi) is 5.74. The third kappa shape index (κ3) is 3.93. The molecule has 6 heteroatoms. The standard InChI is InChI=1S/C29H29NO4S/c1-6-7-20(31)17-12-13-35-24(17)14-23-26-18(27-22(34-23)11-10-21(32)28(27)33-5)8-9-19-25(26)16(2)15-29(3,4)30-19/h6,8-15,20,30-32H,1,7H2,2-5H3/t20-/m1/s1. The van der Waals surface area contributed by atoms with E-state index in [4.69, 9.17) is 9.47 Å². The molecule has 2 aromatic carbocycles. The Hall–Kier alpha value is -3.48. The first-order valence-electron chi connectivity index (χ1n) is 11.6. The van der Waals surface area contributed by atoms with Crippen molar-refractivity contribution in [2.24, 2.45) is 0 Å². The largest absolute Gasteiger partial charge is 0.504 e. The van der Waals surface area contributed by atoms with E-state index in [2.05, 4.69) is 50.9 Å². The first-order valence-corrected chi connectivity index (χ1v) is 12.4. The fourth-order valence-corrected chi connectivity index (χ4v) is 5.95. The Bertz CT molecular complexity index is 1400. The summed E-state index contributed by atoms with van der Waals surface area (Å²) >= 11 is 1.56. The molecular weight excluding hydrogens is 458 g/mol. The Morgan fingerprint density at radius 2 is 1.97 bits per heavy atom. The van der Waals surface area contributed by atoms with Gasteiger partial charge in [-0.15, -0.1) is 17.9 Å². The third-order valence-electron chi connectivity index (χ3n) is 6.41. The molecule has 0 amide bonds. The van der Waals surface area contributed by atoms with E-state index < -0.39 is 6.10 Å². The van der Waals surface area contributed by atoms with Crippen LogP contribution in [0.25, 0.3) is 28.5 Å². The minimum Gasteiger partial charge on any atom is -0.504 e. The number of phenolic OH excluding ortho intramolecular Hbond substituents is 1. The number of aromatic hydroxyl groups is 1. The molecule has 0 saturated carbocycles. The van der Waals surface area contributed by atoms with E-state index in [-0.39, 0.29) is 11.3 Å². The van der Waals surface area contributed by atoms with Crippen LogP contribution >= 0.6 is 11.3 Å². The number of aliphatic hydroxyl groups excluding tert-OH is 1. The number of hydrogen-bond donors (Lipinski definition) is 3. The summed E-state index contributed by atoms with van der Waals surface area (Å²) in [6.07, 6.45) is 5.78. The van der Waals surface area contributed by atoms with Gasteiger partial charge >= 0.3 is 0 Å². The van der Waals surface area contributed by atoms with Gasteiger partial charge in [-0.2, -0.15) is 0 Å². The van der Waals surface area contributed by atoms with Crippen molar-refractivity contribution in [2.45, 2.75) is 38.8 Å². The third-order valence-corrected chi connectivity index (χ3v) is 7.29. The van der Waals surface area contributed by atoms with Crippen LogP contribution in [-0.2, 0) is 0 Å². The van der Waals surface area contributed by atoms with Gasteiger partial charge in [-0.1, -0.05) is 18.2 Å². The van der Waals surface area contributed by atoms with Gasteiger partial charge in [-0.05, 0) is 74.1 Å². The number of nitrogens with one attached hydrogen (secondary N) is 1. The Morgan fingerprint density at radius 3 is 2.71 bits per heavy atom. The lowest BCUT2D eigenvalue weighted by molar-refractivity contribution is 0.182. The van der Waals surface area contributed by atoms with Crippen LogP contribution in [0.5, 0.6) is 17.2 Å². The number of rotatable bonds is 5. The number of hydrogen-bond acceptors (Lipinski definition) is 6. The molecule has 0 radical (unpaired) electrons.